The second kappa shape index (κ2) is 5.38. The molecule has 0 aromatic carbocycles. The Morgan fingerprint density at radius 2 is 2.18 bits per heavy atom. The van der Waals surface area contributed by atoms with Crippen LogP contribution >= 0.6 is 23.6 Å². The Bertz CT molecular complexity index is 509. The van der Waals surface area contributed by atoms with E-state index in [0.29, 0.717) is 0 Å². The molecule has 2 atom stereocenters. The molecule has 8 heteroatoms. The Morgan fingerprint density at radius 1 is 1.59 bits per heavy atom. The zero-order valence-corrected chi connectivity index (χ0v) is 12.2. The summed E-state index contributed by atoms with van der Waals surface area (Å²) < 4.78 is 26.2. The Kier molecular flexibility index (Phi) is 4.59. The summed E-state index contributed by atoms with van der Waals surface area (Å²) in [5.74, 6) is 0. The van der Waals surface area contributed by atoms with Crippen LogP contribution in [0.4, 0.5) is 0 Å². The molecular weight excluding hydrogens is 278 g/mol. The van der Waals surface area contributed by atoms with Crippen molar-refractivity contribution in [2.24, 2.45) is 5.73 Å². The molecule has 1 aromatic heterocycles. The third-order valence-corrected chi connectivity index (χ3v) is 5.68. The van der Waals surface area contributed by atoms with Crippen LogP contribution in [0.2, 0.25) is 0 Å². The van der Waals surface area contributed by atoms with E-state index in [-0.39, 0.29) is 11.0 Å². The second-order valence-electron chi connectivity index (χ2n) is 3.74. The van der Waals surface area contributed by atoms with E-state index >= 15 is 0 Å². The number of nitrogens with one attached hydrogen (secondary N) is 1. The molecule has 0 aliphatic heterocycles. The summed E-state index contributed by atoms with van der Waals surface area (Å²) in [6.45, 7) is 5.12. The van der Waals surface area contributed by atoms with E-state index in [1.165, 1.54) is 18.3 Å². The van der Waals surface area contributed by atoms with Crippen LogP contribution in [0.15, 0.2) is 6.20 Å². The lowest BCUT2D eigenvalue weighted by molar-refractivity contribution is 0.563. The Hall–Kier alpha value is -0.570. The average molecular weight is 293 g/mol. The van der Waals surface area contributed by atoms with Crippen molar-refractivity contribution in [1.29, 1.82) is 0 Å². The number of thiazole rings is 1. The van der Waals surface area contributed by atoms with Crippen molar-refractivity contribution in [3.63, 3.8) is 0 Å². The maximum Gasteiger partial charge on any atom is 0.221 e. The van der Waals surface area contributed by atoms with Crippen molar-refractivity contribution < 1.29 is 8.42 Å². The van der Waals surface area contributed by atoms with Crippen molar-refractivity contribution in [2.75, 3.05) is 0 Å². The van der Waals surface area contributed by atoms with Gasteiger partial charge in [0.15, 0.2) is 0 Å². The molecule has 0 bridgehead atoms. The molecule has 0 fully saturated rings. The van der Waals surface area contributed by atoms with Crippen molar-refractivity contribution in [3.05, 3.63) is 16.1 Å². The predicted octanol–water partition coefficient (Wildman–Crippen LogP) is 1.11. The number of aryl methyl sites for hydroxylation is 1. The number of hydrogen-bond acceptors (Lipinski definition) is 5. The minimum atomic E-state index is -3.55. The van der Waals surface area contributed by atoms with Gasteiger partial charge in [0.2, 0.25) is 10.0 Å². The van der Waals surface area contributed by atoms with E-state index < -0.39 is 15.3 Å². The van der Waals surface area contributed by atoms with Crippen molar-refractivity contribution in [2.45, 2.75) is 32.1 Å². The fourth-order valence-electron chi connectivity index (χ4n) is 1.12. The maximum atomic E-state index is 11.9. The topological polar surface area (TPSA) is 85.1 Å². The van der Waals surface area contributed by atoms with Gasteiger partial charge in [-0.05, 0) is 20.8 Å². The smallest absolute Gasteiger partial charge is 0.221 e. The van der Waals surface area contributed by atoms with Gasteiger partial charge < -0.3 is 5.73 Å². The van der Waals surface area contributed by atoms with E-state index in [4.69, 9.17) is 5.73 Å². The van der Waals surface area contributed by atoms with Gasteiger partial charge >= 0.3 is 0 Å². The Labute approximate surface area is 110 Å². The SMILES string of the molecule is Cc1cnc(C(C)NS(=O)(=O)C(C)C(N)=S)s1. The molecule has 0 amide bonds. The molecule has 0 aliphatic carbocycles. The Balaban J connectivity index is 2.81. The Morgan fingerprint density at radius 3 is 2.59 bits per heavy atom. The first-order valence-electron chi connectivity index (χ1n) is 4.97. The first kappa shape index (κ1) is 14.5. The van der Waals surface area contributed by atoms with Gasteiger partial charge in [-0.3, -0.25) is 0 Å². The molecule has 17 heavy (non-hydrogen) atoms. The highest BCUT2D eigenvalue weighted by atomic mass is 32.2. The number of nitrogens with zero attached hydrogens (tertiary/aromatic N) is 1. The first-order chi connectivity index (χ1) is 7.74. The standard InChI is InChI=1S/C9H15N3O2S3/c1-5-4-11-9(16-5)6(2)12-17(13,14)7(3)8(10)15/h4,6-7,12H,1-3H3,(H2,10,15). The number of sulfonamides is 1. The highest BCUT2D eigenvalue weighted by Gasteiger charge is 2.26. The summed E-state index contributed by atoms with van der Waals surface area (Å²) in [5.41, 5.74) is 5.34. The van der Waals surface area contributed by atoms with Crippen LogP contribution in [0.25, 0.3) is 0 Å². The number of aromatic nitrogens is 1. The molecule has 0 saturated heterocycles. The summed E-state index contributed by atoms with van der Waals surface area (Å²) in [5, 5.41) is -0.165. The van der Waals surface area contributed by atoms with Crippen LogP contribution in [0.3, 0.4) is 0 Å². The first-order valence-corrected chi connectivity index (χ1v) is 7.74. The van der Waals surface area contributed by atoms with Crippen molar-refractivity contribution >= 4 is 38.6 Å². The number of hydrogen-bond donors (Lipinski definition) is 2. The monoisotopic (exact) mass is 293 g/mol. The maximum absolute atomic E-state index is 11.9. The highest BCUT2D eigenvalue weighted by molar-refractivity contribution is 7.93. The zero-order chi connectivity index (χ0) is 13.2. The molecule has 0 radical (unpaired) electrons. The minimum Gasteiger partial charge on any atom is -0.392 e. The van der Waals surface area contributed by atoms with Crippen LogP contribution < -0.4 is 10.5 Å². The quantitative estimate of drug-likeness (QED) is 0.794. The fourth-order valence-corrected chi connectivity index (χ4v) is 3.47. The molecule has 2 unspecified atom stereocenters. The van der Waals surface area contributed by atoms with E-state index in [1.54, 1.807) is 13.1 Å². The van der Waals surface area contributed by atoms with E-state index in [9.17, 15) is 8.42 Å². The third-order valence-electron chi connectivity index (χ3n) is 2.22. The fraction of sp³-hybridized carbons (Fsp3) is 0.556. The molecule has 1 heterocycles. The lowest BCUT2D eigenvalue weighted by Gasteiger charge is -2.16. The van der Waals surface area contributed by atoms with Gasteiger partial charge in [0, 0.05) is 11.1 Å². The molecule has 0 saturated carbocycles. The molecule has 3 N–H and O–H groups in total. The van der Waals surface area contributed by atoms with E-state index in [0.717, 1.165) is 9.88 Å². The zero-order valence-electron chi connectivity index (χ0n) is 9.80. The molecule has 96 valence electrons. The largest absolute Gasteiger partial charge is 0.392 e. The van der Waals surface area contributed by atoms with Crippen molar-refractivity contribution in [1.82, 2.24) is 9.71 Å². The average Bonchev–Trinajstić information content (AvgIpc) is 2.63. The van der Waals surface area contributed by atoms with Gasteiger partial charge in [0.25, 0.3) is 0 Å². The summed E-state index contributed by atoms with van der Waals surface area (Å²) in [6, 6.07) is -0.379. The number of rotatable bonds is 5. The third kappa shape index (κ3) is 3.70. The highest BCUT2D eigenvalue weighted by Crippen LogP contribution is 2.20. The van der Waals surface area contributed by atoms with Crippen molar-refractivity contribution in [3.8, 4) is 0 Å². The van der Waals surface area contributed by atoms with Gasteiger partial charge in [-0.15, -0.1) is 11.3 Å². The number of thiocarbonyl (C=S) groups is 1. The summed E-state index contributed by atoms with van der Waals surface area (Å²) in [7, 11) is -3.55. The van der Waals surface area contributed by atoms with Crippen LogP contribution in [0.5, 0.6) is 0 Å². The molecule has 1 aromatic rings. The minimum absolute atomic E-state index is 0.0416. The van der Waals surface area contributed by atoms with Crippen LogP contribution in [0.1, 0.15) is 29.8 Å². The molecule has 0 spiro atoms. The van der Waals surface area contributed by atoms with Gasteiger partial charge in [-0.2, -0.15) is 0 Å². The van der Waals surface area contributed by atoms with Gasteiger partial charge in [-0.1, -0.05) is 12.2 Å². The lowest BCUT2D eigenvalue weighted by Crippen LogP contribution is -2.40. The lowest BCUT2D eigenvalue weighted by atomic mass is 10.4. The molecule has 0 aliphatic rings. The molecular formula is C9H15N3O2S3. The van der Waals surface area contributed by atoms with Crippen LogP contribution in [-0.2, 0) is 10.0 Å². The second-order valence-corrected chi connectivity index (χ2v) is 7.51. The van der Waals surface area contributed by atoms with E-state index in [1.807, 2.05) is 6.92 Å². The van der Waals surface area contributed by atoms with Gasteiger partial charge in [0.05, 0.1) is 11.0 Å². The van der Waals surface area contributed by atoms with E-state index in [2.05, 4.69) is 21.9 Å². The van der Waals surface area contributed by atoms with Crippen LogP contribution in [0, 0.1) is 6.92 Å². The van der Waals surface area contributed by atoms with Gasteiger partial charge in [0.1, 0.15) is 10.3 Å². The summed E-state index contributed by atoms with van der Waals surface area (Å²) >= 11 is 6.14. The van der Waals surface area contributed by atoms with Crippen LogP contribution in [-0.4, -0.2) is 23.6 Å². The summed E-state index contributed by atoms with van der Waals surface area (Å²) in [6.07, 6.45) is 1.71. The molecule has 1 rings (SSSR count). The number of nitrogens with two attached hydrogens (primary N) is 1. The normalized spacial score (nSPS) is 15.5. The summed E-state index contributed by atoms with van der Waals surface area (Å²) in [4.78, 5) is 5.13. The molecule has 5 nitrogen and oxygen atoms in total. The van der Waals surface area contributed by atoms with Gasteiger partial charge in [-0.25, -0.2) is 18.1 Å². The predicted molar refractivity (Wildman–Crippen MR) is 73.6 cm³/mol.